The van der Waals surface area contributed by atoms with Crippen molar-refractivity contribution in [2.75, 3.05) is 17.4 Å². The number of carbonyl (C=O) groups is 2. The van der Waals surface area contributed by atoms with Crippen LogP contribution < -0.4 is 5.43 Å². The molecule has 2 heterocycles. The predicted molar refractivity (Wildman–Crippen MR) is 86.3 cm³/mol. The van der Waals surface area contributed by atoms with Crippen molar-refractivity contribution in [3.63, 3.8) is 0 Å². The van der Waals surface area contributed by atoms with Crippen LogP contribution in [0.4, 0.5) is 5.69 Å². The topological polar surface area (TPSA) is 93.1 Å². The Morgan fingerprint density at radius 3 is 2.52 bits per heavy atom. The summed E-state index contributed by atoms with van der Waals surface area (Å²) in [5, 5.41) is 21.3. The van der Waals surface area contributed by atoms with Crippen LogP contribution in [0.3, 0.4) is 0 Å². The van der Waals surface area contributed by atoms with Crippen LogP contribution in [0, 0.1) is 0 Å². The van der Waals surface area contributed by atoms with Gasteiger partial charge in [0.05, 0.1) is 5.69 Å². The molecule has 0 bridgehead atoms. The highest BCUT2D eigenvalue weighted by Crippen LogP contribution is 2.34. The molecule has 0 aliphatic carbocycles. The molecule has 2 aliphatic rings. The zero-order valence-corrected chi connectivity index (χ0v) is 13.4. The van der Waals surface area contributed by atoms with Gasteiger partial charge in [0.1, 0.15) is 12.1 Å². The van der Waals surface area contributed by atoms with Crippen molar-refractivity contribution in [3.8, 4) is 0 Å². The number of benzene rings is 1. The van der Waals surface area contributed by atoms with Crippen molar-refractivity contribution >= 4 is 29.3 Å². The fraction of sp³-hybridized carbons (Fsp3) is 0.467. The van der Waals surface area contributed by atoms with E-state index in [-0.39, 0.29) is 5.91 Å². The number of hydrogen-bond donors (Lipinski definition) is 3. The SMILES string of the molecule is CSCC[C@H]1C(=O)N(Nc2ccccc2)[C@H]2[C@@H](O)[C@@H](O)C(=O)N21. The summed E-state index contributed by atoms with van der Waals surface area (Å²) in [6, 6.07) is 8.39. The molecule has 0 aromatic heterocycles. The Morgan fingerprint density at radius 1 is 1.17 bits per heavy atom. The summed E-state index contributed by atoms with van der Waals surface area (Å²) in [4.78, 5) is 26.2. The van der Waals surface area contributed by atoms with Crippen LogP contribution in [0.2, 0.25) is 0 Å². The molecule has 3 N–H and O–H groups in total. The molecule has 2 amide bonds. The van der Waals surface area contributed by atoms with E-state index < -0.39 is 30.3 Å². The van der Waals surface area contributed by atoms with Crippen molar-refractivity contribution in [1.29, 1.82) is 0 Å². The van der Waals surface area contributed by atoms with Gasteiger partial charge in [-0.1, -0.05) is 18.2 Å². The smallest absolute Gasteiger partial charge is 0.265 e. The lowest BCUT2D eigenvalue weighted by Crippen LogP contribution is -2.47. The van der Waals surface area contributed by atoms with Crippen LogP contribution >= 0.6 is 11.8 Å². The van der Waals surface area contributed by atoms with Crippen LogP contribution in [0.1, 0.15) is 6.42 Å². The lowest BCUT2D eigenvalue weighted by molar-refractivity contribution is -0.140. The normalized spacial score (nSPS) is 30.0. The van der Waals surface area contributed by atoms with Gasteiger partial charge in [0.15, 0.2) is 12.3 Å². The molecule has 7 nitrogen and oxygen atoms in total. The Kier molecular flexibility index (Phi) is 4.47. The fourth-order valence-corrected chi connectivity index (χ4v) is 3.51. The first-order valence-electron chi connectivity index (χ1n) is 7.38. The minimum atomic E-state index is -1.50. The van der Waals surface area contributed by atoms with Crippen molar-refractivity contribution in [1.82, 2.24) is 9.91 Å². The molecular formula is C15H19N3O4S. The van der Waals surface area contributed by atoms with Crippen LogP contribution in [0.25, 0.3) is 0 Å². The average molecular weight is 337 g/mol. The molecule has 0 unspecified atom stereocenters. The molecule has 1 aromatic carbocycles. The second-order valence-corrected chi connectivity index (χ2v) is 6.56. The van der Waals surface area contributed by atoms with Gasteiger partial charge >= 0.3 is 0 Å². The van der Waals surface area contributed by atoms with E-state index in [0.717, 1.165) is 0 Å². The number of anilines is 1. The number of nitrogens with one attached hydrogen (secondary N) is 1. The van der Waals surface area contributed by atoms with Gasteiger partial charge < -0.3 is 15.1 Å². The third kappa shape index (κ3) is 2.66. The van der Waals surface area contributed by atoms with Gasteiger partial charge in [-0.2, -0.15) is 11.8 Å². The molecule has 124 valence electrons. The number of nitrogens with zero attached hydrogens (tertiary/aromatic N) is 2. The second-order valence-electron chi connectivity index (χ2n) is 5.58. The monoisotopic (exact) mass is 337 g/mol. The first kappa shape index (κ1) is 16.1. The number of rotatable bonds is 5. The van der Waals surface area contributed by atoms with E-state index in [2.05, 4.69) is 5.43 Å². The molecule has 1 aromatic rings. The molecule has 0 saturated carbocycles. The largest absolute Gasteiger partial charge is 0.386 e. The lowest BCUT2D eigenvalue weighted by Gasteiger charge is -2.27. The lowest BCUT2D eigenvalue weighted by atomic mass is 10.2. The number of aliphatic hydroxyl groups excluding tert-OH is 2. The van der Waals surface area contributed by atoms with E-state index in [1.165, 1.54) is 9.91 Å². The Balaban J connectivity index is 1.89. The van der Waals surface area contributed by atoms with Crippen LogP contribution in [0.15, 0.2) is 30.3 Å². The standard InChI is InChI=1S/C15H19N3O4S/c1-23-8-7-10-14(21)18(16-9-5-3-2-4-6-9)13-11(19)12(20)15(22)17(10)13/h2-6,10-13,16,19-20H,7-8H2,1H3/t10-,11-,12+,13-/m0/s1. The van der Waals surface area contributed by atoms with Crippen molar-refractivity contribution < 1.29 is 19.8 Å². The summed E-state index contributed by atoms with van der Waals surface area (Å²) in [7, 11) is 0. The minimum Gasteiger partial charge on any atom is -0.386 e. The molecule has 0 spiro atoms. The van der Waals surface area contributed by atoms with Crippen molar-refractivity contribution in [2.24, 2.45) is 0 Å². The molecule has 2 fully saturated rings. The third-order valence-corrected chi connectivity index (χ3v) is 4.81. The molecular weight excluding hydrogens is 318 g/mol. The van der Waals surface area contributed by atoms with Crippen molar-refractivity contribution in [3.05, 3.63) is 30.3 Å². The minimum absolute atomic E-state index is 0.271. The quantitative estimate of drug-likeness (QED) is 0.693. The molecule has 23 heavy (non-hydrogen) atoms. The number of amides is 2. The van der Waals surface area contributed by atoms with Gasteiger partial charge in [-0.15, -0.1) is 0 Å². The Bertz CT molecular complexity index is 600. The maximum Gasteiger partial charge on any atom is 0.265 e. The number of hydrazine groups is 1. The highest BCUT2D eigenvalue weighted by molar-refractivity contribution is 7.98. The zero-order chi connectivity index (χ0) is 16.6. The number of hydrogen-bond acceptors (Lipinski definition) is 6. The Morgan fingerprint density at radius 2 is 1.87 bits per heavy atom. The Labute approximate surface area is 138 Å². The summed E-state index contributed by atoms with van der Waals surface area (Å²) >= 11 is 1.58. The van der Waals surface area contributed by atoms with E-state index in [4.69, 9.17) is 0 Å². The molecule has 2 aliphatic heterocycles. The maximum atomic E-state index is 12.7. The van der Waals surface area contributed by atoms with Crippen LogP contribution in [0.5, 0.6) is 0 Å². The predicted octanol–water partition coefficient (Wildman–Crippen LogP) is -0.133. The molecule has 0 radical (unpaired) electrons. The third-order valence-electron chi connectivity index (χ3n) is 4.16. The number of thioether (sulfide) groups is 1. The Hall–Kier alpha value is -1.77. The zero-order valence-electron chi connectivity index (χ0n) is 12.6. The van der Waals surface area contributed by atoms with E-state index in [1.54, 1.807) is 23.9 Å². The highest BCUT2D eigenvalue weighted by Gasteiger charge is 2.60. The van der Waals surface area contributed by atoms with E-state index in [9.17, 15) is 19.8 Å². The summed E-state index contributed by atoms with van der Waals surface area (Å²) in [5.74, 6) is -0.162. The maximum absolute atomic E-state index is 12.7. The second kappa shape index (κ2) is 6.38. The first-order valence-corrected chi connectivity index (χ1v) is 8.77. The number of carbonyl (C=O) groups excluding carboxylic acids is 2. The average Bonchev–Trinajstić information content (AvgIpc) is 2.95. The van der Waals surface area contributed by atoms with Crippen LogP contribution in [-0.2, 0) is 9.59 Å². The van der Waals surface area contributed by atoms with Gasteiger partial charge in [-0.25, -0.2) is 5.01 Å². The van der Waals surface area contributed by atoms with Gasteiger partial charge in [0.25, 0.3) is 11.8 Å². The van der Waals surface area contributed by atoms with E-state index in [1.807, 2.05) is 24.5 Å². The first-order chi connectivity index (χ1) is 11.1. The number of para-hydroxylation sites is 1. The highest BCUT2D eigenvalue weighted by atomic mass is 32.2. The molecule has 2 saturated heterocycles. The summed E-state index contributed by atoms with van der Waals surface area (Å²) in [5.41, 5.74) is 3.63. The van der Waals surface area contributed by atoms with Gasteiger partial charge in [0, 0.05) is 0 Å². The number of fused-ring (bicyclic) bond motifs is 1. The fourth-order valence-electron chi connectivity index (χ4n) is 3.05. The summed E-state index contributed by atoms with van der Waals surface area (Å²) in [6.45, 7) is 0. The van der Waals surface area contributed by atoms with Gasteiger partial charge in [-0.3, -0.25) is 15.0 Å². The van der Waals surface area contributed by atoms with Crippen LogP contribution in [-0.4, -0.2) is 68.4 Å². The molecule has 8 heteroatoms. The van der Waals surface area contributed by atoms with Gasteiger partial charge in [-0.05, 0) is 30.6 Å². The number of aliphatic hydroxyl groups is 2. The molecule has 4 atom stereocenters. The summed E-state index contributed by atoms with van der Waals surface area (Å²) in [6.07, 6.45) is -1.31. The van der Waals surface area contributed by atoms with E-state index in [0.29, 0.717) is 17.9 Å². The summed E-state index contributed by atoms with van der Waals surface area (Å²) < 4.78 is 0. The molecule has 3 rings (SSSR count). The van der Waals surface area contributed by atoms with E-state index >= 15 is 0 Å². The van der Waals surface area contributed by atoms with Crippen molar-refractivity contribution in [2.45, 2.75) is 30.8 Å². The van der Waals surface area contributed by atoms with Gasteiger partial charge in [0.2, 0.25) is 0 Å².